The van der Waals surface area contributed by atoms with Crippen LogP contribution in [-0.2, 0) is 16.7 Å². The predicted octanol–water partition coefficient (Wildman–Crippen LogP) is 5.43. The molecule has 1 N–H and O–H groups in total. The molecule has 9 heteroatoms. The zero-order valence-corrected chi connectivity index (χ0v) is 18.9. The Balaban J connectivity index is 1.81. The van der Waals surface area contributed by atoms with Gasteiger partial charge in [-0.05, 0) is 73.5 Å². The second-order valence-electron chi connectivity index (χ2n) is 7.26. The maximum Gasteiger partial charge on any atom is 0.294 e. The molecule has 0 saturated carbocycles. The van der Waals surface area contributed by atoms with E-state index in [4.69, 9.17) is 10.5 Å². The zero-order valence-electron chi connectivity index (χ0n) is 18.1. The minimum atomic E-state index is -4.26. The van der Waals surface area contributed by atoms with Crippen molar-refractivity contribution in [1.29, 1.82) is 10.5 Å². The third-order valence-corrected chi connectivity index (χ3v) is 5.86. The molecule has 0 aliphatic carbocycles. The monoisotopic (exact) mass is 459 g/mol. The number of anilines is 1. The van der Waals surface area contributed by atoms with Gasteiger partial charge in [-0.1, -0.05) is 12.1 Å². The van der Waals surface area contributed by atoms with E-state index in [2.05, 4.69) is 15.1 Å². The number of rotatable bonds is 7. The summed E-state index contributed by atoms with van der Waals surface area (Å²) in [4.78, 5) is 1.93. The Kier molecular flexibility index (Phi) is 7.19. The van der Waals surface area contributed by atoms with Crippen LogP contribution in [0.15, 0.2) is 75.8 Å². The highest BCUT2D eigenvalue weighted by Crippen LogP contribution is 2.28. The van der Waals surface area contributed by atoms with Gasteiger partial charge in [0.1, 0.15) is 12.1 Å². The molecule has 0 amide bonds. The molecule has 0 fully saturated rings. The fourth-order valence-electron chi connectivity index (χ4n) is 3.25. The molecule has 0 aliphatic rings. The number of nitriles is 2. The average Bonchev–Trinajstić information content (AvgIpc) is 2.81. The van der Waals surface area contributed by atoms with E-state index in [1.807, 2.05) is 44.2 Å². The van der Waals surface area contributed by atoms with Gasteiger partial charge in [0.05, 0.1) is 27.4 Å². The molecule has 0 unspecified atom stereocenters. The van der Waals surface area contributed by atoms with Gasteiger partial charge in [0.2, 0.25) is 0 Å². The van der Waals surface area contributed by atoms with E-state index in [1.54, 1.807) is 24.3 Å². The third kappa shape index (κ3) is 5.80. The average molecular weight is 460 g/mol. The summed E-state index contributed by atoms with van der Waals surface area (Å²) in [5, 5.41) is 26.6. The van der Waals surface area contributed by atoms with Crippen molar-refractivity contribution >= 4 is 27.2 Å². The van der Waals surface area contributed by atoms with Crippen LogP contribution in [-0.4, -0.2) is 19.5 Å². The van der Waals surface area contributed by atoms with E-state index in [9.17, 15) is 13.0 Å². The van der Waals surface area contributed by atoms with Crippen molar-refractivity contribution < 1.29 is 13.0 Å². The smallest absolute Gasteiger partial charge is 0.294 e. The highest BCUT2D eigenvalue weighted by atomic mass is 32.2. The molecule has 33 heavy (non-hydrogen) atoms. The molecule has 0 aromatic heterocycles. The number of azo groups is 1. The number of nitrogens with zero attached hydrogens (tertiary/aromatic N) is 5. The molecule has 3 aromatic rings. The summed E-state index contributed by atoms with van der Waals surface area (Å²) in [6, 6.07) is 20.5. The first-order valence-corrected chi connectivity index (χ1v) is 11.5. The van der Waals surface area contributed by atoms with Crippen LogP contribution in [0.2, 0.25) is 0 Å². The van der Waals surface area contributed by atoms with E-state index >= 15 is 0 Å². The quantitative estimate of drug-likeness (QED) is 0.370. The van der Waals surface area contributed by atoms with E-state index < -0.39 is 10.1 Å². The Morgan fingerprint density at radius 1 is 0.970 bits per heavy atom. The number of benzene rings is 3. The van der Waals surface area contributed by atoms with Crippen LogP contribution in [0.5, 0.6) is 0 Å². The summed E-state index contributed by atoms with van der Waals surface area (Å²) in [7, 11) is -4.26. The minimum absolute atomic E-state index is 0.134. The van der Waals surface area contributed by atoms with Crippen LogP contribution in [0.3, 0.4) is 0 Å². The van der Waals surface area contributed by atoms with Gasteiger partial charge < -0.3 is 4.90 Å². The van der Waals surface area contributed by atoms with Gasteiger partial charge in [0.15, 0.2) is 0 Å². The van der Waals surface area contributed by atoms with Crippen LogP contribution >= 0.6 is 0 Å². The van der Waals surface area contributed by atoms with Crippen molar-refractivity contribution in [2.45, 2.75) is 25.3 Å². The molecule has 0 bridgehead atoms. The van der Waals surface area contributed by atoms with Crippen molar-refractivity contribution in [2.24, 2.45) is 10.2 Å². The molecular weight excluding hydrogens is 438 g/mol. The Morgan fingerprint density at radius 2 is 1.73 bits per heavy atom. The summed E-state index contributed by atoms with van der Waals surface area (Å²) in [6.45, 7) is 5.04. The lowest BCUT2D eigenvalue weighted by atomic mass is 10.1. The first-order valence-electron chi connectivity index (χ1n) is 10.0. The Hall–Kier alpha value is -4.05. The van der Waals surface area contributed by atoms with Gasteiger partial charge >= 0.3 is 0 Å². The Bertz CT molecular complexity index is 1400. The molecule has 166 valence electrons. The summed E-state index contributed by atoms with van der Waals surface area (Å²) in [5.74, 6) is 0. The first kappa shape index (κ1) is 23.6. The highest BCUT2D eigenvalue weighted by Gasteiger charge is 2.12. The molecule has 0 aliphatic heterocycles. The Labute approximate surface area is 192 Å². The third-order valence-electron chi connectivity index (χ3n) is 5.01. The molecule has 0 radical (unpaired) electrons. The summed E-state index contributed by atoms with van der Waals surface area (Å²) < 4.78 is 32.1. The van der Waals surface area contributed by atoms with Gasteiger partial charge in [-0.25, -0.2) is 0 Å². The second-order valence-corrected chi connectivity index (χ2v) is 8.68. The summed E-state index contributed by atoms with van der Waals surface area (Å²) >= 11 is 0. The number of hydrogen-bond acceptors (Lipinski definition) is 7. The van der Waals surface area contributed by atoms with Gasteiger partial charge in [-0.3, -0.25) is 4.55 Å². The topological polar surface area (TPSA) is 130 Å². The van der Waals surface area contributed by atoms with E-state index in [-0.39, 0.29) is 10.5 Å². The van der Waals surface area contributed by atoms with Crippen molar-refractivity contribution in [3.63, 3.8) is 0 Å². The van der Waals surface area contributed by atoms with Gasteiger partial charge in [0, 0.05) is 18.8 Å². The molecule has 0 spiro atoms. The molecule has 0 atom stereocenters. The predicted molar refractivity (Wildman–Crippen MR) is 124 cm³/mol. The van der Waals surface area contributed by atoms with E-state index in [1.165, 1.54) is 18.2 Å². The lowest BCUT2D eigenvalue weighted by Crippen LogP contribution is -2.22. The number of hydrogen-bond donors (Lipinski definition) is 1. The van der Waals surface area contributed by atoms with Crippen molar-refractivity contribution in [1.82, 2.24) is 0 Å². The molecular formula is C24H21N5O3S. The van der Waals surface area contributed by atoms with Crippen molar-refractivity contribution in [2.75, 3.05) is 11.4 Å². The first-order chi connectivity index (χ1) is 15.7. The molecule has 3 rings (SSSR count). The standard InChI is InChI=1S/C24H21N5O3S/c1-3-29(16-18-5-4-6-23(12-18)33(30,31)32)22-9-10-24(17(2)11-22)28-27-21-8-7-19(14-25)20(13-21)15-26/h4-13H,3,16H2,1-2H3,(H,30,31,32). The highest BCUT2D eigenvalue weighted by molar-refractivity contribution is 7.85. The van der Waals surface area contributed by atoms with Crippen molar-refractivity contribution in [3.05, 3.63) is 82.9 Å². The molecule has 3 aromatic carbocycles. The van der Waals surface area contributed by atoms with Gasteiger partial charge in [-0.15, -0.1) is 0 Å². The zero-order chi connectivity index (χ0) is 24.0. The SMILES string of the molecule is CCN(Cc1cccc(S(=O)(=O)O)c1)c1ccc(N=Nc2ccc(C#N)c(C#N)c2)c(C)c1. The summed E-state index contributed by atoms with van der Waals surface area (Å²) in [5.41, 5.74) is 4.24. The molecule has 8 nitrogen and oxygen atoms in total. The van der Waals surface area contributed by atoms with Crippen LogP contribution in [0, 0.1) is 29.6 Å². The van der Waals surface area contributed by atoms with Crippen molar-refractivity contribution in [3.8, 4) is 12.1 Å². The summed E-state index contributed by atoms with van der Waals surface area (Å²) in [6.07, 6.45) is 0. The minimum Gasteiger partial charge on any atom is -0.367 e. The van der Waals surface area contributed by atoms with E-state index in [0.717, 1.165) is 16.8 Å². The fraction of sp³-hybridized carbons (Fsp3) is 0.167. The molecule has 0 saturated heterocycles. The maximum atomic E-state index is 11.4. The number of aryl methyl sites for hydroxylation is 1. The van der Waals surface area contributed by atoms with Gasteiger partial charge in [0.25, 0.3) is 10.1 Å². The molecule has 0 heterocycles. The Morgan fingerprint density at radius 3 is 2.36 bits per heavy atom. The van der Waals surface area contributed by atoms with Crippen LogP contribution in [0.25, 0.3) is 0 Å². The lowest BCUT2D eigenvalue weighted by molar-refractivity contribution is 0.483. The van der Waals surface area contributed by atoms with Crippen LogP contribution in [0.1, 0.15) is 29.2 Å². The fourth-order valence-corrected chi connectivity index (χ4v) is 3.81. The van der Waals surface area contributed by atoms with Gasteiger partial charge in [-0.2, -0.15) is 29.2 Å². The second kappa shape index (κ2) is 10.0. The maximum absolute atomic E-state index is 11.4. The van der Waals surface area contributed by atoms with Crippen LogP contribution in [0.4, 0.5) is 17.1 Å². The normalized spacial score (nSPS) is 11.2. The lowest BCUT2D eigenvalue weighted by Gasteiger charge is -2.24. The largest absolute Gasteiger partial charge is 0.367 e. The van der Waals surface area contributed by atoms with E-state index in [0.29, 0.717) is 30.0 Å². The van der Waals surface area contributed by atoms with Crippen LogP contribution < -0.4 is 4.90 Å².